The first-order valence-electron chi connectivity index (χ1n) is 4.98. The van der Waals surface area contributed by atoms with Crippen LogP contribution in [0.5, 0.6) is 0 Å². The molecule has 0 unspecified atom stereocenters. The Kier molecular flexibility index (Phi) is 5.45. The van der Waals surface area contributed by atoms with Crippen molar-refractivity contribution in [2.45, 2.75) is 13.3 Å². The van der Waals surface area contributed by atoms with Gasteiger partial charge in [-0.05, 0) is 53.3 Å². The summed E-state index contributed by atoms with van der Waals surface area (Å²) in [7, 11) is 0. The van der Waals surface area contributed by atoms with Crippen molar-refractivity contribution in [2.24, 2.45) is 0 Å². The molecule has 0 aliphatic carbocycles. The van der Waals surface area contributed by atoms with Crippen molar-refractivity contribution in [2.75, 3.05) is 18.4 Å². The van der Waals surface area contributed by atoms with Gasteiger partial charge in [0.15, 0.2) is 0 Å². The molecule has 0 fully saturated rings. The first kappa shape index (κ1) is 12.3. The van der Waals surface area contributed by atoms with Crippen molar-refractivity contribution in [1.82, 2.24) is 5.32 Å². The lowest BCUT2D eigenvalue weighted by Gasteiger charge is -2.06. The average Bonchev–Trinajstić information content (AvgIpc) is 2.25. The Balaban J connectivity index is 2.30. The normalized spacial score (nSPS) is 9.73. The van der Waals surface area contributed by atoms with Crippen LogP contribution in [-0.4, -0.2) is 19.0 Å². The summed E-state index contributed by atoms with van der Waals surface area (Å²) in [6.07, 6.45) is 0.968. The van der Waals surface area contributed by atoms with Crippen LogP contribution in [0.15, 0.2) is 24.3 Å². The lowest BCUT2D eigenvalue weighted by molar-refractivity contribution is -0.119. The Morgan fingerprint density at radius 1 is 1.33 bits per heavy atom. The summed E-state index contributed by atoms with van der Waals surface area (Å²) >= 11 is 2.25. The molecule has 0 spiro atoms. The van der Waals surface area contributed by atoms with E-state index in [9.17, 15) is 4.79 Å². The van der Waals surface area contributed by atoms with Crippen molar-refractivity contribution in [1.29, 1.82) is 0 Å². The number of halogens is 1. The highest BCUT2D eigenvalue weighted by molar-refractivity contribution is 14.1. The predicted octanol–water partition coefficient (Wildman–Crippen LogP) is 2.23. The van der Waals surface area contributed by atoms with Crippen LogP contribution in [-0.2, 0) is 4.79 Å². The van der Waals surface area contributed by atoms with Crippen LogP contribution in [0.2, 0.25) is 0 Å². The van der Waals surface area contributed by atoms with E-state index < -0.39 is 0 Å². The van der Waals surface area contributed by atoms with Gasteiger partial charge >= 0.3 is 0 Å². The van der Waals surface area contributed by atoms with E-state index in [4.69, 9.17) is 0 Å². The first-order chi connectivity index (χ1) is 7.22. The lowest BCUT2D eigenvalue weighted by atomic mass is 10.3. The maximum atomic E-state index is 11.3. The van der Waals surface area contributed by atoms with Crippen LogP contribution in [0.1, 0.15) is 13.3 Å². The Bertz CT molecular complexity index is 311. The van der Waals surface area contributed by atoms with Crippen LogP contribution in [0, 0.1) is 3.57 Å². The SMILES string of the molecule is CCCNC(=O)CNc1ccc(I)cc1. The molecule has 15 heavy (non-hydrogen) atoms. The van der Waals surface area contributed by atoms with E-state index in [-0.39, 0.29) is 5.91 Å². The van der Waals surface area contributed by atoms with Crippen molar-refractivity contribution in [3.05, 3.63) is 27.8 Å². The van der Waals surface area contributed by atoms with Gasteiger partial charge in [0.2, 0.25) is 5.91 Å². The molecule has 0 aliphatic rings. The van der Waals surface area contributed by atoms with Crippen molar-refractivity contribution in [3.63, 3.8) is 0 Å². The molecule has 0 saturated heterocycles. The molecule has 1 aromatic rings. The maximum Gasteiger partial charge on any atom is 0.239 e. The monoisotopic (exact) mass is 318 g/mol. The van der Waals surface area contributed by atoms with Gasteiger partial charge in [-0.3, -0.25) is 4.79 Å². The number of hydrogen-bond acceptors (Lipinski definition) is 2. The van der Waals surface area contributed by atoms with Gasteiger partial charge in [0, 0.05) is 15.8 Å². The summed E-state index contributed by atoms with van der Waals surface area (Å²) < 4.78 is 1.19. The average molecular weight is 318 g/mol. The molecule has 82 valence electrons. The Morgan fingerprint density at radius 3 is 2.60 bits per heavy atom. The number of rotatable bonds is 5. The Hall–Kier alpha value is -0.780. The van der Waals surface area contributed by atoms with Gasteiger partial charge in [-0.2, -0.15) is 0 Å². The number of benzene rings is 1. The number of nitrogens with one attached hydrogen (secondary N) is 2. The van der Waals surface area contributed by atoms with Crippen LogP contribution in [0.25, 0.3) is 0 Å². The van der Waals surface area contributed by atoms with Gasteiger partial charge in [-0.1, -0.05) is 6.92 Å². The molecule has 1 rings (SSSR count). The molecular weight excluding hydrogens is 303 g/mol. The van der Waals surface area contributed by atoms with E-state index in [2.05, 4.69) is 33.2 Å². The largest absolute Gasteiger partial charge is 0.376 e. The van der Waals surface area contributed by atoms with E-state index in [1.165, 1.54) is 3.57 Å². The molecule has 0 aromatic heterocycles. The third-order valence-corrected chi connectivity index (χ3v) is 2.59. The third kappa shape index (κ3) is 5.01. The van der Waals surface area contributed by atoms with E-state index in [1.807, 2.05) is 31.2 Å². The minimum atomic E-state index is 0.0374. The summed E-state index contributed by atoms with van der Waals surface area (Å²) in [4.78, 5) is 11.3. The molecule has 2 N–H and O–H groups in total. The molecule has 3 nitrogen and oxygen atoms in total. The zero-order valence-corrected chi connectivity index (χ0v) is 10.9. The van der Waals surface area contributed by atoms with E-state index in [1.54, 1.807) is 0 Å². The molecule has 0 radical (unpaired) electrons. The first-order valence-corrected chi connectivity index (χ1v) is 6.06. The maximum absolute atomic E-state index is 11.3. The minimum absolute atomic E-state index is 0.0374. The summed E-state index contributed by atoms with van der Waals surface area (Å²) in [6, 6.07) is 7.95. The van der Waals surface area contributed by atoms with Crippen molar-refractivity contribution < 1.29 is 4.79 Å². The van der Waals surface area contributed by atoms with Gasteiger partial charge < -0.3 is 10.6 Å². The Morgan fingerprint density at radius 2 is 2.00 bits per heavy atom. The second-order valence-corrected chi connectivity index (χ2v) is 4.46. The lowest BCUT2D eigenvalue weighted by Crippen LogP contribution is -2.30. The number of anilines is 1. The standard InChI is InChI=1S/C11H15IN2O/c1-2-7-13-11(15)8-14-10-5-3-9(12)4-6-10/h3-6,14H,2,7-8H2,1H3,(H,13,15). The number of carbonyl (C=O) groups excluding carboxylic acids is 1. The minimum Gasteiger partial charge on any atom is -0.376 e. The van der Waals surface area contributed by atoms with Crippen LogP contribution in [0.4, 0.5) is 5.69 Å². The molecule has 4 heteroatoms. The second kappa shape index (κ2) is 6.66. The zero-order chi connectivity index (χ0) is 11.1. The summed E-state index contributed by atoms with van der Waals surface area (Å²) in [5, 5.41) is 5.88. The topological polar surface area (TPSA) is 41.1 Å². The molecule has 0 bridgehead atoms. The number of carbonyl (C=O) groups is 1. The molecular formula is C11H15IN2O. The van der Waals surface area contributed by atoms with Crippen LogP contribution < -0.4 is 10.6 Å². The summed E-state index contributed by atoms with van der Waals surface area (Å²) in [5.41, 5.74) is 0.974. The van der Waals surface area contributed by atoms with E-state index >= 15 is 0 Å². The molecule has 0 heterocycles. The predicted molar refractivity (Wildman–Crippen MR) is 70.9 cm³/mol. The molecule has 0 saturated carbocycles. The number of hydrogen-bond donors (Lipinski definition) is 2. The van der Waals surface area contributed by atoms with E-state index in [0.29, 0.717) is 6.54 Å². The quantitative estimate of drug-likeness (QED) is 0.818. The van der Waals surface area contributed by atoms with Gasteiger partial charge in [-0.25, -0.2) is 0 Å². The zero-order valence-electron chi connectivity index (χ0n) is 8.72. The Labute approximate surface area is 104 Å². The highest BCUT2D eigenvalue weighted by Crippen LogP contribution is 2.10. The van der Waals surface area contributed by atoms with Gasteiger partial charge in [0.25, 0.3) is 0 Å². The fourth-order valence-corrected chi connectivity index (χ4v) is 1.44. The number of amides is 1. The van der Waals surface area contributed by atoms with Gasteiger partial charge in [-0.15, -0.1) is 0 Å². The van der Waals surface area contributed by atoms with Crippen molar-refractivity contribution >= 4 is 34.2 Å². The molecule has 0 aliphatic heterocycles. The molecule has 0 atom stereocenters. The smallest absolute Gasteiger partial charge is 0.239 e. The highest BCUT2D eigenvalue weighted by Gasteiger charge is 1.98. The highest BCUT2D eigenvalue weighted by atomic mass is 127. The fraction of sp³-hybridized carbons (Fsp3) is 0.364. The summed E-state index contributed by atoms with van der Waals surface area (Å²) in [5.74, 6) is 0.0374. The van der Waals surface area contributed by atoms with Gasteiger partial charge in [0.05, 0.1) is 6.54 Å². The molecule has 1 amide bonds. The second-order valence-electron chi connectivity index (χ2n) is 3.21. The third-order valence-electron chi connectivity index (χ3n) is 1.87. The van der Waals surface area contributed by atoms with E-state index in [0.717, 1.165) is 18.7 Å². The fourth-order valence-electron chi connectivity index (χ4n) is 1.08. The van der Waals surface area contributed by atoms with Crippen molar-refractivity contribution in [3.8, 4) is 0 Å². The van der Waals surface area contributed by atoms with Gasteiger partial charge in [0.1, 0.15) is 0 Å². The molecule has 1 aromatic carbocycles. The summed E-state index contributed by atoms with van der Waals surface area (Å²) in [6.45, 7) is 3.11. The van der Waals surface area contributed by atoms with Crippen LogP contribution in [0.3, 0.4) is 0 Å². The van der Waals surface area contributed by atoms with Crippen LogP contribution >= 0.6 is 22.6 Å².